The lowest BCUT2D eigenvalue weighted by atomic mass is 9.78. The number of dihydropyridines is 1. The van der Waals surface area contributed by atoms with Crippen molar-refractivity contribution in [2.75, 3.05) is 13.7 Å². The Balaban J connectivity index is 2.71. The molecule has 9 heteroatoms. The number of rotatable bonds is 5. The SMILES string of the molecule is COC(=O)C1=C(C)NC(C)=C(C(=O)OCCC#N)C1c1ccccc1C(F)(F)F. The molecule has 1 unspecified atom stereocenters. The summed E-state index contributed by atoms with van der Waals surface area (Å²) in [6.45, 7) is 2.79. The Morgan fingerprint density at radius 3 is 2.28 bits per heavy atom. The molecule has 1 N–H and O–H groups in total. The van der Waals surface area contributed by atoms with E-state index in [-0.39, 0.29) is 41.1 Å². The number of alkyl halides is 3. The molecule has 0 bridgehead atoms. The minimum atomic E-state index is -4.71. The molecule has 1 aromatic rings. The van der Waals surface area contributed by atoms with Crippen molar-refractivity contribution in [3.63, 3.8) is 0 Å². The number of methoxy groups -OCH3 is 1. The number of carbonyl (C=O) groups excluding carboxylic acids is 2. The highest BCUT2D eigenvalue weighted by atomic mass is 19.4. The van der Waals surface area contributed by atoms with Gasteiger partial charge >= 0.3 is 18.1 Å². The molecule has 1 atom stereocenters. The molecule has 1 aliphatic rings. The fourth-order valence-corrected chi connectivity index (χ4v) is 3.23. The summed E-state index contributed by atoms with van der Waals surface area (Å²) in [6, 6.07) is 6.53. The molecule has 6 nitrogen and oxygen atoms in total. The van der Waals surface area contributed by atoms with Gasteiger partial charge in [-0.25, -0.2) is 9.59 Å². The van der Waals surface area contributed by atoms with Crippen molar-refractivity contribution < 1.29 is 32.2 Å². The molecule has 0 radical (unpaired) electrons. The first-order chi connectivity index (χ1) is 13.6. The number of halogens is 3. The second kappa shape index (κ2) is 8.82. The molecule has 0 aliphatic carbocycles. The molecule has 1 heterocycles. The van der Waals surface area contributed by atoms with Gasteiger partial charge in [0.2, 0.25) is 0 Å². The van der Waals surface area contributed by atoms with E-state index >= 15 is 0 Å². The van der Waals surface area contributed by atoms with Crippen LogP contribution in [-0.4, -0.2) is 25.7 Å². The van der Waals surface area contributed by atoms with Gasteiger partial charge in [0.05, 0.1) is 42.2 Å². The van der Waals surface area contributed by atoms with Gasteiger partial charge in [-0.05, 0) is 25.5 Å². The molecule has 154 valence electrons. The number of allylic oxidation sites excluding steroid dienone is 2. The summed E-state index contributed by atoms with van der Waals surface area (Å²) in [7, 11) is 1.10. The quantitative estimate of drug-likeness (QED) is 0.592. The lowest BCUT2D eigenvalue weighted by molar-refractivity contribution is -0.141. The van der Waals surface area contributed by atoms with Crippen molar-refractivity contribution in [3.05, 3.63) is 57.9 Å². The van der Waals surface area contributed by atoms with Crippen molar-refractivity contribution in [1.29, 1.82) is 5.26 Å². The summed E-state index contributed by atoms with van der Waals surface area (Å²) in [5, 5.41) is 11.5. The van der Waals surface area contributed by atoms with Crippen LogP contribution in [0.1, 0.15) is 37.3 Å². The van der Waals surface area contributed by atoms with Crippen molar-refractivity contribution in [1.82, 2.24) is 5.32 Å². The highest BCUT2D eigenvalue weighted by Crippen LogP contribution is 2.44. The molecule has 0 saturated carbocycles. The van der Waals surface area contributed by atoms with Crippen LogP contribution < -0.4 is 5.32 Å². The zero-order chi connectivity index (χ0) is 21.8. The first-order valence-corrected chi connectivity index (χ1v) is 8.60. The largest absolute Gasteiger partial charge is 0.466 e. The first-order valence-electron chi connectivity index (χ1n) is 8.60. The van der Waals surface area contributed by atoms with E-state index in [1.54, 1.807) is 0 Å². The number of nitriles is 1. The summed E-state index contributed by atoms with van der Waals surface area (Å²) >= 11 is 0. The maximum atomic E-state index is 13.7. The summed E-state index contributed by atoms with van der Waals surface area (Å²) in [5.41, 5.74) is -0.999. The van der Waals surface area contributed by atoms with Crippen LogP contribution in [0.2, 0.25) is 0 Å². The van der Waals surface area contributed by atoms with Crippen molar-refractivity contribution >= 4 is 11.9 Å². The molecule has 29 heavy (non-hydrogen) atoms. The molecule has 2 rings (SSSR count). The van der Waals surface area contributed by atoms with Gasteiger partial charge in [-0.2, -0.15) is 18.4 Å². The molecule has 1 aliphatic heterocycles. The number of ether oxygens (including phenoxy) is 2. The average molecular weight is 408 g/mol. The van der Waals surface area contributed by atoms with E-state index in [1.807, 2.05) is 6.07 Å². The Bertz CT molecular complexity index is 926. The second-order valence-corrected chi connectivity index (χ2v) is 6.26. The van der Waals surface area contributed by atoms with E-state index in [0.717, 1.165) is 13.2 Å². The smallest absolute Gasteiger partial charge is 0.416 e. The van der Waals surface area contributed by atoms with Gasteiger partial charge < -0.3 is 14.8 Å². The third-order valence-corrected chi connectivity index (χ3v) is 4.41. The van der Waals surface area contributed by atoms with E-state index in [1.165, 1.54) is 32.0 Å². The molecule has 0 saturated heterocycles. The number of carbonyl (C=O) groups is 2. The minimum Gasteiger partial charge on any atom is -0.466 e. The number of hydrogen-bond acceptors (Lipinski definition) is 6. The maximum Gasteiger partial charge on any atom is 0.416 e. The van der Waals surface area contributed by atoms with Crippen LogP contribution in [0.5, 0.6) is 0 Å². The van der Waals surface area contributed by atoms with Gasteiger partial charge in [-0.3, -0.25) is 0 Å². The Kier molecular flexibility index (Phi) is 6.69. The fourth-order valence-electron chi connectivity index (χ4n) is 3.23. The number of nitrogens with zero attached hydrogens (tertiary/aromatic N) is 1. The van der Waals surface area contributed by atoms with E-state index < -0.39 is 29.6 Å². The van der Waals surface area contributed by atoms with Crippen LogP contribution in [0, 0.1) is 11.3 Å². The number of hydrogen-bond donors (Lipinski definition) is 1. The molecule has 0 aromatic heterocycles. The highest BCUT2D eigenvalue weighted by molar-refractivity contribution is 6.00. The third-order valence-electron chi connectivity index (χ3n) is 4.41. The van der Waals surface area contributed by atoms with Crippen LogP contribution in [0.3, 0.4) is 0 Å². The van der Waals surface area contributed by atoms with Crippen LogP contribution in [-0.2, 0) is 25.2 Å². The first kappa shape index (κ1) is 22.0. The van der Waals surface area contributed by atoms with Gasteiger partial charge in [-0.15, -0.1) is 0 Å². The molecular formula is C20H19F3N2O4. The van der Waals surface area contributed by atoms with E-state index in [9.17, 15) is 22.8 Å². The zero-order valence-electron chi connectivity index (χ0n) is 16.0. The third kappa shape index (κ3) is 4.59. The predicted octanol–water partition coefficient (Wildman–Crippen LogP) is 3.57. The molecular weight excluding hydrogens is 389 g/mol. The highest BCUT2D eigenvalue weighted by Gasteiger charge is 2.43. The Hall–Kier alpha value is -3.28. The topological polar surface area (TPSA) is 88.4 Å². The average Bonchev–Trinajstić information content (AvgIpc) is 2.66. The molecule has 1 aromatic carbocycles. The number of nitrogens with one attached hydrogen (secondary N) is 1. The van der Waals surface area contributed by atoms with Gasteiger partial charge in [0.25, 0.3) is 0 Å². The van der Waals surface area contributed by atoms with Crippen molar-refractivity contribution in [3.8, 4) is 6.07 Å². The summed E-state index contributed by atoms with van der Waals surface area (Å²) in [4.78, 5) is 25.1. The molecule has 0 spiro atoms. The summed E-state index contributed by atoms with van der Waals surface area (Å²) in [6.07, 6.45) is -4.78. The monoisotopic (exact) mass is 408 g/mol. The fraction of sp³-hybridized carbons (Fsp3) is 0.350. The standard InChI is InChI=1S/C20H19F3N2O4/c1-11-15(18(26)28-3)17(13-7-4-5-8-14(13)20(21,22)23)16(12(2)25-11)19(27)29-10-6-9-24/h4-5,7-8,17,25H,6,10H2,1-3H3. The minimum absolute atomic E-state index is 0.0754. The Morgan fingerprint density at radius 1 is 1.14 bits per heavy atom. The lowest BCUT2D eigenvalue weighted by Gasteiger charge is -2.31. The van der Waals surface area contributed by atoms with Crippen molar-refractivity contribution in [2.24, 2.45) is 0 Å². The maximum absolute atomic E-state index is 13.7. The van der Waals surface area contributed by atoms with Gasteiger partial charge in [0.1, 0.15) is 6.61 Å². The molecule has 0 amide bonds. The summed E-state index contributed by atoms with van der Waals surface area (Å²) < 4.78 is 50.8. The van der Waals surface area contributed by atoms with Crippen LogP contribution in [0.4, 0.5) is 13.2 Å². The van der Waals surface area contributed by atoms with Crippen LogP contribution in [0.25, 0.3) is 0 Å². The van der Waals surface area contributed by atoms with E-state index in [4.69, 9.17) is 14.7 Å². The lowest BCUT2D eigenvalue weighted by Crippen LogP contribution is -2.33. The normalized spacial score (nSPS) is 16.8. The predicted molar refractivity (Wildman–Crippen MR) is 95.9 cm³/mol. The molecule has 0 fully saturated rings. The van der Waals surface area contributed by atoms with E-state index in [2.05, 4.69) is 5.32 Å². The number of benzene rings is 1. The van der Waals surface area contributed by atoms with Crippen LogP contribution >= 0.6 is 0 Å². The van der Waals surface area contributed by atoms with Gasteiger partial charge in [-0.1, -0.05) is 18.2 Å². The zero-order valence-corrected chi connectivity index (χ0v) is 16.0. The van der Waals surface area contributed by atoms with Crippen LogP contribution in [0.15, 0.2) is 46.8 Å². The van der Waals surface area contributed by atoms with E-state index in [0.29, 0.717) is 0 Å². The summed E-state index contributed by atoms with van der Waals surface area (Å²) in [5.74, 6) is -3.14. The Labute approximate surface area is 165 Å². The van der Waals surface area contributed by atoms with Gasteiger partial charge in [0.15, 0.2) is 0 Å². The Morgan fingerprint density at radius 2 is 1.72 bits per heavy atom. The second-order valence-electron chi connectivity index (χ2n) is 6.26. The number of esters is 2. The van der Waals surface area contributed by atoms with Gasteiger partial charge in [0, 0.05) is 11.4 Å². The van der Waals surface area contributed by atoms with Crippen molar-refractivity contribution in [2.45, 2.75) is 32.4 Å².